The van der Waals surface area contributed by atoms with Gasteiger partial charge in [-0.1, -0.05) is 0 Å². The standard InChI is InChI=1S/C9H15NO7S/c1-16-9(13)4-7-5-10(2-3-17-7)18(14,15)6-8(11)12/h7H,2-6H2,1H3,(H,11,12). The second-order valence-corrected chi connectivity index (χ2v) is 5.75. The van der Waals surface area contributed by atoms with Crippen molar-refractivity contribution in [2.24, 2.45) is 0 Å². The smallest absolute Gasteiger partial charge is 0.320 e. The van der Waals surface area contributed by atoms with Crippen molar-refractivity contribution in [1.82, 2.24) is 4.31 Å². The summed E-state index contributed by atoms with van der Waals surface area (Å²) in [5.41, 5.74) is 0. The number of esters is 1. The maximum atomic E-state index is 11.7. The Morgan fingerprint density at radius 1 is 1.50 bits per heavy atom. The summed E-state index contributed by atoms with van der Waals surface area (Å²) < 4.78 is 34.1. The zero-order valence-corrected chi connectivity index (χ0v) is 10.7. The zero-order valence-electron chi connectivity index (χ0n) is 9.87. The van der Waals surface area contributed by atoms with Crippen molar-refractivity contribution < 1.29 is 32.6 Å². The Balaban J connectivity index is 2.63. The average Bonchev–Trinajstić information content (AvgIpc) is 2.27. The number of carboxylic acid groups (broad SMARTS) is 1. The highest BCUT2D eigenvalue weighted by atomic mass is 32.2. The van der Waals surface area contributed by atoms with Crippen LogP contribution < -0.4 is 0 Å². The molecular weight excluding hydrogens is 266 g/mol. The molecule has 0 aromatic heterocycles. The Kier molecular flexibility index (Phi) is 5.05. The van der Waals surface area contributed by atoms with E-state index < -0.39 is 33.8 Å². The maximum Gasteiger partial charge on any atom is 0.320 e. The van der Waals surface area contributed by atoms with Crippen molar-refractivity contribution in [3.05, 3.63) is 0 Å². The van der Waals surface area contributed by atoms with Gasteiger partial charge in [0.1, 0.15) is 0 Å². The summed E-state index contributed by atoms with van der Waals surface area (Å²) >= 11 is 0. The molecule has 0 saturated carbocycles. The molecule has 1 rings (SSSR count). The van der Waals surface area contributed by atoms with Gasteiger partial charge in [0.25, 0.3) is 0 Å². The first-order chi connectivity index (χ1) is 8.35. The molecule has 1 atom stereocenters. The monoisotopic (exact) mass is 281 g/mol. The number of carbonyl (C=O) groups excluding carboxylic acids is 1. The van der Waals surface area contributed by atoms with Crippen LogP contribution in [0.25, 0.3) is 0 Å². The Bertz CT molecular complexity index is 419. The number of ether oxygens (including phenoxy) is 2. The highest BCUT2D eigenvalue weighted by Crippen LogP contribution is 2.13. The summed E-state index contributed by atoms with van der Waals surface area (Å²) in [5.74, 6) is -2.87. The summed E-state index contributed by atoms with van der Waals surface area (Å²) in [6, 6.07) is 0. The van der Waals surface area contributed by atoms with Gasteiger partial charge in [-0.2, -0.15) is 4.31 Å². The first kappa shape index (κ1) is 14.9. The molecule has 104 valence electrons. The van der Waals surface area contributed by atoms with E-state index in [2.05, 4.69) is 4.74 Å². The van der Waals surface area contributed by atoms with Crippen molar-refractivity contribution >= 4 is 22.0 Å². The minimum Gasteiger partial charge on any atom is -0.480 e. The number of hydrogen-bond donors (Lipinski definition) is 1. The Labute approximate surface area is 105 Å². The molecule has 1 saturated heterocycles. The largest absolute Gasteiger partial charge is 0.480 e. The van der Waals surface area contributed by atoms with E-state index in [1.165, 1.54) is 7.11 Å². The molecule has 1 aliphatic rings. The van der Waals surface area contributed by atoms with E-state index >= 15 is 0 Å². The molecule has 8 nitrogen and oxygen atoms in total. The molecule has 18 heavy (non-hydrogen) atoms. The first-order valence-electron chi connectivity index (χ1n) is 5.23. The van der Waals surface area contributed by atoms with Crippen LogP contribution in [-0.2, 0) is 29.1 Å². The van der Waals surface area contributed by atoms with Gasteiger partial charge in [0.2, 0.25) is 10.0 Å². The van der Waals surface area contributed by atoms with Crippen LogP contribution in [0.15, 0.2) is 0 Å². The normalized spacial score (nSPS) is 21.5. The number of morpholine rings is 1. The van der Waals surface area contributed by atoms with E-state index in [9.17, 15) is 18.0 Å². The molecule has 0 spiro atoms. The predicted octanol–water partition coefficient (Wildman–Crippen LogP) is -1.34. The molecule has 0 bridgehead atoms. The minimum atomic E-state index is -3.86. The van der Waals surface area contributed by atoms with Crippen molar-refractivity contribution in [2.75, 3.05) is 32.6 Å². The van der Waals surface area contributed by atoms with Gasteiger partial charge in [-0.3, -0.25) is 9.59 Å². The lowest BCUT2D eigenvalue weighted by Crippen LogP contribution is -2.47. The fraction of sp³-hybridized carbons (Fsp3) is 0.778. The van der Waals surface area contributed by atoms with E-state index in [-0.39, 0.29) is 26.1 Å². The van der Waals surface area contributed by atoms with Gasteiger partial charge >= 0.3 is 11.9 Å². The molecular formula is C9H15NO7S. The summed E-state index contributed by atoms with van der Waals surface area (Å²) in [5, 5.41) is 8.52. The summed E-state index contributed by atoms with van der Waals surface area (Å²) in [7, 11) is -2.63. The summed E-state index contributed by atoms with van der Waals surface area (Å²) in [6.07, 6.45) is -0.662. The number of rotatable bonds is 5. The van der Waals surface area contributed by atoms with Crippen LogP contribution in [0.2, 0.25) is 0 Å². The van der Waals surface area contributed by atoms with Gasteiger partial charge in [0, 0.05) is 13.1 Å². The van der Waals surface area contributed by atoms with Crippen LogP contribution in [0.4, 0.5) is 0 Å². The number of carbonyl (C=O) groups is 2. The molecule has 0 aromatic carbocycles. The number of nitrogens with zero attached hydrogens (tertiary/aromatic N) is 1. The lowest BCUT2D eigenvalue weighted by molar-refractivity contribution is -0.145. The summed E-state index contributed by atoms with van der Waals surface area (Å²) in [4.78, 5) is 21.5. The molecule has 0 radical (unpaired) electrons. The maximum absolute atomic E-state index is 11.7. The number of aliphatic carboxylic acids is 1. The molecule has 1 aliphatic heterocycles. The van der Waals surface area contributed by atoms with Gasteiger partial charge in [-0.15, -0.1) is 0 Å². The highest BCUT2D eigenvalue weighted by Gasteiger charge is 2.32. The third-order valence-corrected chi connectivity index (χ3v) is 4.15. The van der Waals surface area contributed by atoms with Crippen LogP contribution in [0.1, 0.15) is 6.42 Å². The minimum absolute atomic E-state index is 0.0370. The van der Waals surface area contributed by atoms with Gasteiger partial charge in [0.15, 0.2) is 5.75 Å². The van der Waals surface area contributed by atoms with Crippen molar-refractivity contribution in [3.63, 3.8) is 0 Å². The number of carboxylic acids is 1. The SMILES string of the molecule is COC(=O)CC1CN(S(=O)(=O)CC(=O)O)CCO1. The lowest BCUT2D eigenvalue weighted by Gasteiger charge is -2.31. The molecule has 0 aromatic rings. The highest BCUT2D eigenvalue weighted by molar-refractivity contribution is 7.89. The molecule has 1 N–H and O–H groups in total. The fourth-order valence-corrected chi connectivity index (χ4v) is 2.83. The van der Waals surface area contributed by atoms with Gasteiger partial charge in [0.05, 0.1) is 26.2 Å². The van der Waals surface area contributed by atoms with E-state index in [0.29, 0.717) is 0 Å². The van der Waals surface area contributed by atoms with E-state index in [4.69, 9.17) is 9.84 Å². The topological polar surface area (TPSA) is 110 Å². The first-order valence-corrected chi connectivity index (χ1v) is 6.84. The average molecular weight is 281 g/mol. The molecule has 1 unspecified atom stereocenters. The van der Waals surface area contributed by atoms with Gasteiger partial charge in [-0.25, -0.2) is 8.42 Å². The van der Waals surface area contributed by atoms with Crippen molar-refractivity contribution in [2.45, 2.75) is 12.5 Å². The Hall–Kier alpha value is -1.19. The molecule has 0 amide bonds. The number of hydrogen-bond acceptors (Lipinski definition) is 6. The summed E-state index contributed by atoms with van der Waals surface area (Å²) in [6.45, 7) is 0.179. The number of sulfonamides is 1. The third-order valence-electron chi connectivity index (χ3n) is 2.42. The second kappa shape index (κ2) is 6.12. The van der Waals surface area contributed by atoms with Crippen LogP contribution in [-0.4, -0.2) is 68.4 Å². The van der Waals surface area contributed by atoms with Crippen molar-refractivity contribution in [3.8, 4) is 0 Å². The zero-order chi connectivity index (χ0) is 13.8. The second-order valence-electron chi connectivity index (χ2n) is 3.78. The quantitative estimate of drug-likeness (QED) is 0.621. The predicted molar refractivity (Wildman–Crippen MR) is 59.4 cm³/mol. The van der Waals surface area contributed by atoms with E-state index in [0.717, 1.165) is 4.31 Å². The number of methoxy groups -OCH3 is 1. The fourth-order valence-electron chi connectivity index (χ4n) is 1.58. The van der Waals surface area contributed by atoms with Crippen LogP contribution >= 0.6 is 0 Å². The third kappa shape index (κ3) is 4.24. The lowest BCUT2D eigenvalue weighted by atomic mass is 10.2. The van der Waals surface area contributed by atoms with Gasteiger partial charge < -0.3 is 14.6 Å². The van der Waals surface area contributed by atoms with Crippen LogP contribution in [0.3, 0.4) is 0 Å². The van der Waals surface area contributed by atoms with Gasteiger partial charge in [-0.05, 0) is 0 Å². The van der Waals surface area contributed by atoms with Crippen LogP contribution in [0, 0.1) is 0 Å². The Morgan fingerprint density at radius 3 is 2.72 bits per heavy atom. The van der Waals surface area contributed by atoms with E-state index in [1.807, 2.05) is 0 Å². The van der Waals surface area contributed by atoms with Crippen molar-refractivity contribution in [1.29, 1.82) is 0 Å². The Morgan fingerprint density at radius 2 is 2.17 bits per heavy atom. The molecule has 1 heterocycles. The van der Waals surface area contributed by atoms with E-state index in [1.54, 1.807) is 0 Å². The molecule has 0 aliphatic carbocycles. The van der Waals surface area contributed by atoms with Crippen LogP contribution in [0.5, 0.6) is 0 Å². The molecule has 1 fully saturated rings. The molecule has 9 heteroatoms.